The number of hydrogen-bond acceptors (Lipinski definition) is 3. The molecule has 2 rings (SSSR count). The molecule has 1 fully saturated rings. The molecule has 1 aromatic rings. The molecule has 0 aliphatic carbocycles. The zero-order chi connectivity index (χ0) is 13.8. The summed E-state index contributed by atoms with van der Waals surface area (Å²) in [6.07, 6.45) is 4.06. The van der Waals surface area contributed by atoms with Crippen LogP contribution in [0.15, 0.2) is 18.3 Å². The fourth-order valence-electron chi connectivity index (χ4n) is 2.82. The van der Waals surface area contributed by atoms with Gasteiger partial charge >= 0.3 is 0 Å². The van der Waals surface area contributed by atoms with Crippen LogP contribution in [0.4, 0.5) is 5.82 Å². The summed E-state index contributed by atoms with van der Waals surface area (Å²) in [7, 11) is 0. The van der Waals surface area contributed by atoms with Crippen LogP contribution in [0.25, 0.3) is 0 Å². The van der Waals surface area contributed by atoms with Crippen molar-refractivity contribution in [1.82, 2.24) is 9.88 Å². The molecule has 1 aliphatic heterocycles. The number of likely N-dealkylation sites (tertiary alicyclic amines) is 1. The molecule has 0 aromatic carbocycles. The molecular weight excluding hydrogens is 238 g/mol. The molecule has 4 nitrogen and oxygen atoms in total. The zero-order valence-electron chi connectivity index (χ0n) is 12.1. The minimum Gasteiger partial charge on any atom is -0.357 e. The second-order valence-electron chi connectivity index (χ2n) is 4.99. The first-order chi connectivity index (χ1) is 9.17. The molecule has 0 radical (unpaired) electrons. The van der Waals surface area contributed by atoms with E-state index in [1.165, 1.54) is 0 Å². The van der Waals surface area contributed by atoms with Crippen LogP contribution in [0.2, 0.25) is 0 Å². The maximum Gasteiger partial charge on any atom is 0.219 e. The van der Waals surface area contributed by atoms with E-state index in [0.29, 0.717) is 0 Å². The Morgan fingerprint density at radius 3 is 2.68 bits per heavy atom. The molecular formula is C15H23N3O. The number of pyridine rings is 1. The first kappa shape index (κ1) is 13.8. The van der Waals surface area contributed by atoms with Crippen LogP contribution in [0.1, 0.15) is 45.2 Å². The predicted molar refractivity (Wildman–Crippen MR) is 77.2 cm³/mol. The summed E-state index contributed by atoms with van der Waals surface area (Å²) in [6, 6.07) is 4.40. The zero-order valence-corrected chi connectivity index (χ0v) is 12.1. The van der Waals surface area contributed by atoms with Crippen LogP contribution in [0, 0.1) is 0 Å². The first-order valence-electron chi connectivity index (χ1n) is 7.15. The van der Waals surface area contributed by atoms with Gasteiger partial charge in [-0.25, -0.2) is 4.98 Å². The lowest BCUT2D eigenvalue weighted by molar-refractivity contribution is -0.129. The van der Waals surface area contributed by atoms with Crippen molar-refractivity contribution in [2.45, 2.75) is 39.7 Å². The molecule has 0 N–H and O–H groups in total. The van der Waals surface area contributed by atoms with Crippen LogP contribution in [0.3, 0.4) is 0 Å². The van der Waals surface area contributed by atoms with E-state index in [0.717, 1.165) is 43.9 Å². The molecule has 1 aromatic heterocycles. The van der Waals surface area contributed by atoms with Crippen molar-refractivity contribution >= 4 is 11.7 Å². The number of aromatic nitrogens is 1. The third kappa shape index (κ3) is 2.88. The van der Waals surface area contributed by atoms with Gasteiger partial charge in [0.2, 0.25) is 5.91 Å². The lowest BCUT2D eigenvalue weighted by Crippen LogP contribution is -2.28. The van der Waals surface area contributed by atoms with Crippen molar-refractivity contribution in [3.05, 3.63) is 23.9 Å². The highest BCUT2D eigenvalue weighted by Crippen LogP contribution is 2.31. The lowest BCUT2D eigenvalue weighted by Gasteiger charge is -2.24. The molecule has 4 heteroatoms. The molecule has 19 heavy (non-hydrogen) atoms. The number of amides is 1. The van der Waals surface area contributed by atoms with E-state index in [1.807, 2.05) is 11.1 Å². The van der Waals surface area contributed by atoms with E-state index < -0.39 is 0 Å². The van der Waals surface area contributed by atoms with E-state index in [-0.39, 0.29) is 11.9 Å². The molecule has 0 bridgehead atoms. The van der Waals surface area contributed by atoms with E-state index >= 15 is 0 Å². The Balaban J connectivity index is 2.16. The smallest absolute Gasteiger partial charge is 0.219 e. The highest BCUT2D eigenvalue weighted by atomic mass is 16.2. The molecule has 104 valence electrons. The third-order valence-corrected chi connectivity index (χ3v) is 3.90. The van der Waals surface area contributed by atoms with Crippen LogP contribution < -0.4 is 4.90 Å². The Morgan fingerprint density at radius 1 is 1.42 bits per heavy atom. The minimum absolute atomic E-state index is 0.162. The molecule has 0 saturated carbocycles. The van der Waals surface area contributed by atoms with Gasteiger partial charge in [0.1, 0.15) is 5.82 Å². The van der Waals surface area contributed by atoms with Gasteiger partial charge in [-0.1, -0.05) is 6.07 Å². The van der Waals surface area contributed by atoms with Crippen LogP contribution in [0.5, 0.6) is 0 Å². The van der Waals surface area contributed by atoms with Gasteiger partial charge in [0.15, 0.2) is 0 Å². The Morgan fingerprint density at radius 2 is 2.16 bits per heavy atom. The average Bonchev–Trinajstić information content (AvgIpc) is 2.90. The highest BCUT2D eigenvalue weighted by Gasteiger charge is 2.27. The Bertz CT molecular complexity index is 426. The summed E-state index contributed by atoms with van der Waals surface area (Å²) in [6.45, 7) is 8.71. The summed E-state index contributed by atoms with van der Waals surface area (Å²) in [4.78, 5) is 20.3. The number of carbonyl (C=O) groups excluding carboxylic acids is 1. The van der Waals surface area contributed by atoms with E-state index in [9.17, 15) is 4.79 Å². The molecule has 1 amide bonds. The fraction of sp³-hybridized carbons (Fsp3) is 0.600. The van der Waals surface area contributed by atoms with E-state index in [4.69, 9.17) is 0 Å². The van der Waals surface area contributed by atoms with Crippen LogP contribution in [-0.2, 0) is 4.79 Å². The first-order valence-corrected chi connectivity index (χ1v) is 7.15. The quantitative estimate of drug-likeness (QED) is 0.836. The number of rotatable bonds is 4. The second-order valence-corrected chi connectivity index (χ2v) is 4.99. The summed E-state index contributed by atoms with van der Waals surface area (Å²) in [5, 5.41) is 0. The summed E-state index contributed by atoms with van der Waals surface area (Å²) in [5.74, 6) is 1.18. The summed E-state index contributed by atoms with van der Waals surface area (Å²) in [5.41, 5.74) is 1.16. The second kappa shape index (κ2) is 6.04. The number of anilines is 1. The van der Waals surface area contributed by atoms with Gasteiger partial charge < -0.3 is 9.80 Å². The van der Waals surface area contributed by atoms with Gasteiger partial charge in [-0.2, -0.15) is 0 Å². The van der Waals surface area contributed by atoms with Crippen molar-refractivity contribution in [3.63, 3.8) is 0 Å². The highest BCUT2D eigenvalue weighted by molar-refractivity contribution is 5.74. The van der Waals surface area contributed by atoms with Gasteiger partial charge in [0.25, 0.3) is 0 Å². The topological polar surface area (TPSA) is 36.4 Å². The van der Waals surface area contributed by atoms with Crippen LogP contribution in [-0.4, -0.2) is 35.4 Å². The van der Waals surface area contributed by atoms with Crippen molar-refractivity contribution in [2.75, 3.05) is 24.5 Å². The molecule has 2 heterocycles. The van der Waals surface area contributed by atoms with Crippen molar-refractivity contribution in [3.8, 4) is 0 Å². The maximum atomic E-state index is 11.6. The largest absolute Gasteiger partial charge is 0.357 e. The van der Waals surface area contributed by atoms with Gasteiger partial charge in [0.05, 0.1) is 6.04 Å². The van der Waals surface area contributed by atoms with Crippen molar-refractivity contribution in [2.24, 2.45) is 0 Å². The predicted octanol–water partition coefficient (Wildman–Crippen LogP) is 2.61. The van der Waals surface area contributed by atoms with E-state index in [1.54, 1.807) is 6.92 Å². The Hall–Kier alpha value is -1.58. The minimum atomic E-state index is 0.162. The van der Waals surface area contributed by atoms with Crippen LogP contribution >= 0.6 is 0 Å². The SMILES string of the molecule is CCN(CC)c1ccc([C@@H]2CCCN2C(C)=O)cn1. The van der Waals surface area contributed by atoms with Crippen molar-refractivity contribution < 1.29 is 4.79 Å². The summed E-state index contributed by atoms with van der Waals surface area (Å²) < 4.78 is 0. The standard InChI is InChI=1S/C15H23N3O/c1-4-17(5-2)15-9-8-13(11-16-15)14-7-6-10-18(14)12(3)19/h8-9,11,14H,4-7,10H2,1-3H3/t14-/m0/s1. The molecule has 0 unspecified atom stereocenters. The number of nitrogens with zero attached hydrogens (tertiary/aromatic N) is 3. The monoisotopic (exact) mass is 261 g/mol. The molecule has 1 saturated heterocycles. The maximum absolute atomic E-state index is 11.6. The van der Waals surface area contributed by atoms with Crippen molar-refractivity contribution in [1.29, 1.82) is 0 Å². The van der Waals surface area contributed by atoms with Gasteiger partial charge in [0, 0.05) is 32.8 Å². The van der Waals surface area contributed by atoms with E-state index in [2.05, 4.69) is 35.9 Å². The summed E-state index contributed by atoms with van der Waals surface area (Å²) >= 11 is 0. The Labute approximate surface area is 115 Å². The average molecular weight is 261 g/mol. The molecule has 1 aliphatic rings. The number of hydrogen-bond donors (Lipinski definition) is 0. The normalized spacial score (nSPS) is 18.7. The lowest BCUT2D eigenvalue weighted by atomic mass is 10.1. The van der Waals surface area contributed by atoms with Gasteiger partial charge in [-0.15, -0.1) is 0 Å². The number of carbonyl (C=O) groups is 1. The Kier molecular flexibility index (Phi) is 4.40. The third-order valence-electron chi connectivity index (χ3n) is 3.90. The fourth-order valence-corrected chi connectivity index (χ4v) is 2.82. The van der Waals surface area contributed by atoms with Gasteiger partial charge in [-0.05, 0) is 38.3 Å². The molecule has 1 atom stereocenters. The van der Waals surface area contributed by atoms with Gasteiger partial charge in [-0.3, -0.25) is 4.79 Å². The molecule has 0 spiro atoms.